The van der Waals surface area contributed by atoms with E-state index in [4.69, 9.17) is 32.7 Å². The molecule has 0 unspecified atom stereocenters. The standard InChI is InChI=1S/C27H21Cl2FN2O5S/c1-2-36-23-11-16(9-10-22(23)37-15-25(33)31-18-6-3-5-17(28)13-18)12-24-26(34)32(27(35)38-24)14-19-20(29)7-4-8-21(19)30/h3-13H,2,14-15H2,1H3,(H,31,33)/b24-12+. The molecule has 11 heteroatoms. The summed E-state index contributed by atoms with van der Waals surface area (Å²) in [7, 11) is 0. The van der Waals surface area contributed by atoms with Gasteiger partial charge in [-0.2, -0.15) is 0 Å². The van der Waals surface area contributed by atoms with E-state index in [2.05, 4.69) is 5.32 Å². The van der Waals surface area contributed by atoms with Crippen molar-refractivity contribution in [1.82, 2.24) is 4.90 Å². The Hall–Kier alpha value is -3.53. The van der Waals surface area contributed by atoms with Crippen LogP contribution in [0.4, 0.5) is 14.9 Å². The van der Waals surface area contributed by atoms with E-state index in [0.717, 1.165) is 16.7 Å². The molecule has 3 amide bonds. The minimum atomic E-state index is -0.598. The van der Waals surface area contributed by atoms with Gasteiger partial charge in [-0.25, -0.2) is 4.39 Å². The molecule has 0 aliphatic carbocycles. The maximum Gasteiger partial charge on any atom is 0.293 e. The largest absolute Gasteiger partial charge is 0.490 e. The number of imide groups is 1. The van der Waals surface area contributed by atoms with Crippen molar-refractivity contribution in [2.75, 3.05) is 18.5 Å². The highest BCUT2D eigenvalue weighted by atomic mass is 35.5. The zero-order valence-electron chi connectivity index (χ0n) is 20.0. The van der Waals surface area contributed by atoms with Crippen molar-refractivity contribution in [3.05, 3.63) is 92.6 Å². The van der Waals surface area contributed by atoms with Crippen LogP contribution in [0.2, 0.25) is 10.0 Å². The van der Waals surface area contributed by atoms with Gasteiger partial charge in [-0.15, -0.1) is 0 Å². The molecule has 0 saturated carbocycles. The van der Waals surface area contributed by atoms with Crippen LogP contribution >= 0.6 is 35.0 Å². The fourth-order valence-corrected chi connectivity index (χ4v) is 4.79. The summed E-state index contributed by atoms with van der Waals surface area (Å²) < 4.78 is 25.5. The highest BCUT2D eigenvalue weighted by Gasteiger charge is 2.36. The Labute approximate surface area is 232 Å². The summed E-state index contributed by atoms with van der Waals surface area (Å²) in [4.78, 5) is 38.8. The number of amides is 3. The minimum Gasteiger partial charge on any atom is -0.490 e. The molecule has 1 fully saturated rings. The van der Waals surface area contributed by atoms with Gasteiger partial charge >= 0.3 is 0 Å². The number of thioether (sulfide) groups is 1. The van der Waals surface area contributed by atoms with Crippen LogP contribution < -0.4 is 14.8 Å². The van der Waals surface area contributed by atoms with Crippen molar-refractivity contribution < 1.29 is 28.2 Å². The Morgan fingerprint density at radius 1 is 1.05 bits per heavy atom. The van der Waals surface area contributed by atoms with Gasteiger partial charge in [0.25, 0.3) is 17.1 Å². The summed E-state index contributed by atoms with van der Waals surface area (Å²) in [6, 6.07) is 15.8. The Bertz CT molecular complexity index is 1410. The Kier molecular flexibility index (Phi) is 8.93. The van der Waals surface area contributed by atoms with Gasteiger partial charge in [0, 0.05) is 21.3 Å². The number of nitrogens with one attached hydrogen (secondary N) is 1. The Morgan fingerprint density at radius 3 is 2.58 bits per heavy atom. The second-order valence-corrected chi connectivity index (χ2v) is 9.79. The van der Waals surface area contributed by atoms with Gasteiger partial charge < -0.3 is 14.8 Å². The first kappa shape index (κ1) is 27.5. The van der Waals surface area contributed by atoms with E-state index >= 15 is 0 Å². The highest BCUT2D eigenvalue weighted by Crippen LogP contribution is 2.36. The van der Waals surface area contributed by atoms with Crippen LogP contribution in [-0.2, 0) is 16.1 Å². The average molecular weight is 575 g/mol. The molecule has 1 saturated heterocycles. The lowest BCUT2D eigenvalue weighted by Gasteiger charge is -2.14. The van der Waals surface area contributed by atoms with Crippen molar-refractivity contribution in [3.8, 4) is 11.5 Å². The van der Waals surface area contributed by atoms with E-state index in [9.17, 15) is 18.8 Å². The van der Waals surface area contributed by atoms with Crippen molar-refractivity contribution in [2.45, 2.75) is 13.5 Å². The van der Waals surface area contributed by atoms with Crippen LogP contribution in [0.25, 0.3) is 6.08 Å². The predicted octanol–water partition coefficient (Wildman–Crippen LogP) is 6.79. The van der Waals surface area contributed by atoms with Crippen LogP contribution in [0.15, 0.2) is 65.6 Å². The SMILES string of the molecule is CCOc1cc(/C=C2/SC(=O)N(Cc3c(F)cccc3Cl)C2=O)ccc1OCC(=O)Nc1cccc(Cl)c1. The van der Waals surface area contributed by atoms with Gasteiger partial charge in [-0.3, -0.25) is 19.3 Å². The van der Waals surface area contributed by atoms with Crippen molar-refractivity contribution >= 4 is 63.8 Å². The molecule has 1 aliphatic rings. The van der Waals surface area contributed by atoms with E-state index in [0.29, 0.717) is 34.4 Å². The molecule has 7 nitrogen and oxygen atoms in total. The maximum absolute atomic E-state index is 14.2. The molecule has 3 aromatic rings. The number of carbonyl (C=O) groups is 3. The fraction of sp³-hybridized carbons (Fsp3) is 0.148. The number of ether oxygens (including phenoxy) is 2. The second-order valence-electron chi connectivity index (χ2n) is 7.95. The number of nitrogens with zero attached hydrogens (tertiary/aromatic N) is 1. The van der Waals surface area contributed by atoms with Crippen LogP contribution in [0, 0.1) is 5.82 Å². The summed E-state index contributed by atoms with van der Waals surface area (Å²) in [5.41, 5.74) is 1.17. The first-order valence-corrected chi connectivity index (χ1v) is 13.0. The number of halogens is 3. The van der Waals surface area contributed by atoms with Crippen LogP contribution in [-0.4, -0.2) is 35.2 Å². The van der Waals surface area contributed by atoms with Gasteiger partial charge in [0.05, 0.1) is 18.1 Å². The molecular weight excluding hydrogens is 554 g/mol. The number of hydrogen-bond acceptors (Lipinski definition) is 6. The number of hydrogen-bond donors (Lipinski definition) is 1. The van der Waals surface area contributed by atoms with Gasteiger partial charge in [0.1, 0.15) is 5.82 Å². The van der Waals surface area contributed by atoms with E-state index in [1.807, 2.05) is 0 Å². The molecule has 38 heavy (non-hydrogen) atoms. The molecule has 4 rings (SSSR count). The summed E-state index contributed by atoms with van der Waals surface area (Å²) in [6.07, 6.45) is 1.53. The second kappa shape index (κ2) is 12.3. The van der Waals surface area contributed by atoms with Crippen molar-refractivity contribution in [1.29, 1.82) is 0 Å². The van der Waals surface area contributed by atoms with E-state index in [1.165, 1.54) is 24.3 Å². The lowest BCUT2D eigenvalue weighted by molar-refractivity contribution is -0.123. The van der Waals surface area contributed by atoms with Crippen molar-refractivity contribution in [3.63, 3.8) is 0 Å². The molecule has 1 N–H and O–H groups in total. The highest BCUT2D eigenvalue weighted by molar-refractivity contribution is 8.18. The summed E-state index contributed by atoms with van der Waals surface area (Å²) in [6.45, 7) is 1.57. The molecule has 0 bridgehead atoms. The van der Waals surface area contributed by atoms with Gasteiger partial charge in [-0.1, -0.05) is 41.4 Å². The van der Waals surface area contributed by atoms with Crippen LogP contribution in [0.1, 0.15) is 18.1 Å². The number of rotatable bonds is 9. The third-order valence-corrected chi connectivity index (χ3v) is 6.78. The molecule has 0 aromatic heterocycles. The number of anilines is 1. The first-order valence-electron chi connectivity index (χ1n) is 11.4. The first-order chi connectivity index (χ1) is 18.2. The maximum atomic E-state index is 14.2. The molecule has 1 heterocycles. The third kappa shape index (κ3) is 6.66. The Balaban J connectivity index is 1.46. The zero-order chi connectivity index (χ0) is 27.2. The van der Waals surface area contributed by atoms with Crippen LogP contribution in [0.5, 0.6) is 11.5 Å². The third-order valence-electron chi connectivity index (χ3n) is 5.28. The molecule has 196 valence electrons. The summed E-state index contributed by atoms with van der Waals surface area (Å²) in [5.74, 6) is -0.863. The topological polar surface area (TPSA) is 84.9 Å². The molecule has 1 aliphatic heterocycles. The summed E-state index contributed by atoms with van der Waals surface area (Å²) in [5, 5.41) is 2.79. The normalized spacial score (nSPS) is 14.2. The quantitative estimate of drug-likeness (QED) is 0.283. The minimum absolute atomic E-state index is 0.0669. The number of carbonyl (C=O) groups excluding carboxylic acids is 3. The fourth-order valence-electron chi connectivity index (χ4n) is 3.54. The number of benzene rings is 3. The Morgan fingerprint density at radius 2 is 1.84 bits per heavy atom. The van der Waals surface area contributed by atoms with Gasteiger partial charge in [0.15, 0.2) is 18.1 Å². The van der Waals surface area contributed by atoms with E-state index in [1.54, 1.807) is 49.4 Å². The van der Waals surface area contributed by atoms with Crippen molar-refractivity contribution in [2.24, 2.45) is 0 Å². The van der Waals surface area contributed by atoms with E-state index < -0.39 is 17.0 Å². The van der Waals surface area contributed by atoms with Gasteiger partial charge in [-0.05, 0) is 72.8 Å². The lowest BCUT2D eigenvalue weighted by atomic mass is 10.1. The molecular formula is C27H21Cl2FN2O5S. The smallest absolute Gasteiger partial charge is 0.293 e. The molecule has 0 atom stereocenters. The summed E-state index contributed by atoms with van der Waals surface area (Å²) >= 11 is 12.7. The zero-order valence-corrected chi connectivity index (χ0v) is 22.3. The predicted molar refractivity (Wildman–Crippen MR) is 146 cm³/mol. The van der Waals surface area contributed by atoms with E-state index in [-0.39, 0.29) is 34.6 Å². The van der Waals surface area contributed by atoms with Gasteiger partial charge in [0.2, 0.25) is 0 Å². The van der Waals surface area contributed by atoms with Crippen LogP contribution in [0.3, 0.4) is 0 Å². The molecule has 3 aromatic carbocycles. The lowest BCUT2D eigenvalue weighted by Crippen LogP contribution is -2.28. The molecule has 0 radical (unpaired) electrons. The monoisotopic (exact) mass is 574 g/mol. The average Bonchev–Trinajstić information content (AvgIpc) is 3.13. The molecule has 0 spiro atoms.